The first-order chi connectivity index (χ1) is 13.8. The quantitative estimate of drug-likeness (QED) is 0.325. The molecule has 3 aromatic heterocycles. The van der Waals surface area contributed by atoms with Crippen LogP contribution in [-0.4, -0.2) is 9.97 Å². The lowest BCUT2D eigenvalue weighted by atomic mass is 10.0. The van der Waals surface area contributed by atoms with Gasteiger partial charge in [-0.25, -0.2) is 9.97 Å². The number of hydrogen-bond donors (Lipinski definition) is 0. The van der Waals surface area contributed by atoms with Crippen LogP contribution in [0.4, 0.5) is 0 Å². The van der Waals surface area contributed by atoms with E-state index in [1.54, 1.807) is 11.3 Å². The third-order valence-electron chi connectivity index (χ3n) is 5.25. The first-order valence-electron chi connectivity index (χ1n) is 9.41. The van der Waals surface area contributed by atoms with Crippen molar-refractivity contribution in [3.05, 3.63) is 72.6 Å². The summed E-state index contributed by atoms with van der Waals surface area (Å²) in [6.45, 7) is 2.10. The highest BCUT2D eigenvalue weighted by Crippen LogP contribution is 2.39. The topological polar surface area (TPSA) is 38.9 Å². The average Bonchev–Trinajstić information content (AvgIpc) is 3.30. The van der Waals surface area contributed by atoms with Crippen molar-refractivity contribution in [3.63, 3.8) is 0 Å². The van der Waals surface area contributed by atoms with Crippen molar-refractivity contribution in [2.45, 2.75) is 13.3 Å². The molecule has 3 aromatic carbocycles. The first kappa shape index (κ1) is 15.8. The maximum absolute atomic E-state index is 6.11. The van der Waals surface area contributed by atoms with E-state index < -0.39 is 0 Å². The lowest BCUT2D eigenvalue weighted by Gasteiger charge is -2.06. The van der Waals surface area contributed by atoms with E-state index in [9.17, 15) is 0 Å². The Bertz CT molecular complexity index is 1510. The summed E-state index contributed by atoms with van der Waals surface area (Å²) in [4.78, 5) is 10.8. The van der Waals surface area contributed by atoms with Crippen LogP contribution in [0.25, 0.3) is 53.5 Å². The number of aromatic nitrogens is 2. The number of fused-ring (bicyclic) bond motifs is 6. The van der Waals surface area contributed by atoms with E-state index in [0.717, 1.165) is 55.7 Å². The van der Waals surface area contributed by atoms with Crippen molar-refractivity contribution in [1.82, 2.24) is 9.97 Å². The van der Waals surface area contributed by atoms with Crippen LogP contribution in [0, 0.1) is 0 Å². The minimum absolute atomic E-state index is 0.810. The van der Waals surface area contributed by atoms with Crippen LogP contribution in [0.1, 0.15) is 12.7 Å². The average molecular weight is 380 g/mol. The smallest absolute Gasteiger partial charge is 0.136 e. The zero-order chi connectivity index (χ0) is 18.7. The van der Waals surface area contributed by atoms with E-state index in [4.69, 9.17) is 14.4 Å². The molecule has 0 unspecified atom stereocenters. The molecule has 0 bridgehead atoms. The van der Waals surface area contributed by atoms with Crippen LogP contribution < -0.4 is 0 Å². The molecular weight excluding hydrogens is 364 g/mol. The fourth-order valence-electron chi connectivity index (χ4n) is 3.91. The molecule has 134 valence electrons. The zero-order valence-corrected chi connectivity index (χ0v) is 16.1. The summed E-state index contributed by atoms with van der Waals surface area (Å²) in [7, 11) is 0. The van der Waals surface area contributed by atoms with Gasteiger partial charge in [-0.1, -0.05) is 49.4 Å². The van der Waals surface area contributed by atoms with Gasteiger partial charge >= 0.3 is 0 Å². The summed E-state index contributed by atoms with van der Waals surface area (Å²) < 4.78 is 7.35. The van der Waals surface area contributed by atoms with Gasteiger partial charge in [0.25, 0.3) is 0 Å². The fourth-order valence-corrected chi connectivity index (χ4v) is 5.00. The molecule has 0 fully saturated rings. The molecule has 0 spiro atoms. The largest absolute Gasteiger partial charge is 0.456 e. The second-order valence-corrected chi connectivity index (χ2v) is 7.96. The molecule has 6 rings (SSSR count). The van der Waals surface area contributed by atoms with E-state index in [2.05, 4.69) is 55.5 Å². The van der Waals surface area contributed by atoms with Crippen molar-refractivity contribution < 1.29 is 4.42 Å². The normalized spacial score (nSPS) is 11.9. The Morgan fingerprint density at radius 1 is 0.821 bits per heavy atom. The molecule has 0 aliphatic carbocycles. The molecule has 0 saturated carbocycles. The zero-order valence-electron chi connectivity index (χ0n) is 15.3. The summed E-state index contributed by atoms with van der Waals surface area (Å²) in [5.41, 5.74) is 3.86. The third-order valence-corrected chi connectivity index (χ3v) is 6.32. The van der Waals surface area contributed by atoms with Crippen LogP contribution in [0.5, 0.6) is 0 Å². The third kappa shape index (κ3) is 2.21. The lowest BCUT2D eigenvalue weighted by molar-refractivity contribution is 0.669. The minimum Gasteiger partial charge on any atom is -0.456 e. The van der Waals surface area contributed by atoms with Crippen LogP contribution >= 0.6 is 11.3 Å². The van der Waals surface area contributed by atoms with Gasteiger partial charge in [0.05, 0.1) is 5.69 Å². The van der Waals surface area contributed by atoms with Gasteiger partial charge in [0, 0.05) is 38.2 Å². The van der Waals surface area contributed by atoms with Gasteiger partial charge in [-0.2, -0.15) is 0 Å². The number of para-hydroxylation sites is 1. The van der Waals surface area contributed by atoms with Crippen LogP contribution in [0.15, 0.2) is 71.1 Å². The van der Waals surface area contributed by atoms with Gasteiger partial charge in [0.1, 0.15) is 21.8 Å². The van der Waals surface area contributed by atoms with Crippen molar-refractivity contribution in [1.29, 1.82) is 0 Å². The second-order valence-electron chi connectivity index (χ2n) is 6.93. The predicted molar refractivity (Wildman–Crippen MR) is 117 cm³/mol. The van der Waals surface area contributed by atoms with Crippen LogP contribution in [0.3, 0.4) is 0 Å². The van der Waals surface area contributed by atoms with E-state index in [0.29, 0.717) is 0 Å². The summed E-state index contributed by atoms with van der Waals surface area (Å²) in [5, 5.41) is 4.63. The monoisotopic (exact) mass is 380 g/mol. The molecule has 0 saturated heterocycles. The molecule has 0 N–H and O–H groups in total. The van der Waals surface area contributed by atoms with Crippen LogP contribution in [0.2, 0.25) is 0 Å². The molecule has 28 heavy (non-hydrogen) atoms. The first-order valence-corrected chi connectivity index (χ1v) is 10.2. The molecule has 3 nitrogen and oxygen atoms in total. The molecule has 0 radical (unpaired) electrons. The van der Waals surface area contributed by atoms with E-state index in [1.807, 2.05) is 18.2 Å². The predicted octanol–water partition coefficient (Wildman–Crippen LogP) is 6.97. The molecule has 0 amide bonds. The highest BCUT2D eigenvalue weighted by Gasteiger charge is 2.16. The summed E-state index contributed by atoms with van der Waals surface area (Å²) in [5.74, 6) is 0.874. The Kier molecular flexibility index (Phi) is 3.31. The number of hydrogen-bond acceptors (Lipinski definition) is 4. The second kappa shape index (κ2) is 5.88. The van der Waals surface area contributed by atoms with Crippen molar-refractivity contribution in [2.24, 2.45) is 0 Å². The molecule has 4 heteroatoms. The van der Waals surface area contributed by atoms with Gasteiger partial charge in [0.2, 0.25) is 0 Å². The highest BCUT2D eigenvalue weighted by molar-refractivity contribution is 7.25. The van der Waals surface area contributed by atoms with Gasteiger partial charge in [-0.05, 0) is 24.3 Å². The van der Waals surface area contributed by atoms with Gasteiger partial charge in [-0.3, -0.25) is 0 Å². The molecule has 0 aliphatic heterocycles. The number of furan rings is 1. The Labute approximate surface area is 165 Å². The summed E-state index contributed by atoms with van der Waals surface area (Å²) in [6.07, 6.45) is 0.810. The standard InChI is InChI=1S/C24H16N2OS/c1-2-21-25-23(22-17-8-4-6-10-20(17)28-24(22)26-21)14-11-12-16-15-7-3-5-9-18(15)27-19(16)13-14/h3-13H,2H2,1H3. The van der Waals surface area contributed by atoms with Gasteiger partial charge < -0.3 is 4.42 Å². The molecular formula is C24H16N2OS. The SMILES string of the molecule is CCc1nc(-c2ccc3c(c2)oc2ccccc23)c2c(n1)sc1ccccc12. The Morgan fingerprint density at radius 2 is 1.61 bits per heavy atom. The molecule has 0 aliphatic rings. The number of rotatable bonds is 2. The molecule has 6 aromatic rings. The Morgan fingerprint density at radius 3 is 2.50 bits per heavy atom. The molecule has 3 heterocycles. The van der Waals surface area contributed by atoms with Crippen LogP contribution in [-0.2, 0) is 6.42 Å². The summed E-state index contributed by atoms with van der Waals surface area (Å²) in [6, 6.07) is 23.0. The molecule has 0 atom stereocenters. The number of thiophene rings is 1. The van der Waals surface area contributed by atoms with Crippen molar-refractivity contribution in [3.8, 4) is 11.3 Å². The lowest BCUT2D eigenvalue weighted by Crippen LogP contribution is -1.95. The maximum atomic E-state index is 6.11. The van der Waals surface area contributed by atoms with Gasteiger partial charge in [-0.15, -0.1) is 11.3 Å². The Balaban J connectivity index is 1.70. The van der Waals surface area contributed by atoms with E-state index in [-0.39, 0.29) is 0 Å². The highest BCUT2D eigenvalue weighted by atomic mass is 32.1. The maximum Gasteiger partial charge on any atom is 0.136 e. The Hall–Kier alpha value is -3.24. The van der Waals surface area contributed by atoms with Crippen molar-refractivity contribution in [2.75, 3.05) is 0 Å². The summed E-state index contributed by atoms with van der Waals surface area (Å²) >= 11 is 1.73. The van der Waals surface area contributed by atoms with E-state index in [1.165, 1.54) is 10.1 Å². The van der Waals surface area contributed by atoms with Crippen molar-refractivity contribution >= 4 is 53.6 Å². The minimum atomic E-state index is 0.810. The van der Waals surface area contributed by atoms with Gasteiger partial charge in [0.15, 0.2) is 0 Å². The number of nitrogens with zero attached hydrogens (tertiary/aromatic N) is 2. The fraction of sp³-hybridized carbons (Fsp3) is 0.0833. The number of benzene rings is 3. The van der Waals surface area contributed by atoms with E-state index >= 15 is 0 Å². The number of aryl methyl sites for hydroxylation is 1.